The second-order valence-electron chi connectivity index (χ2n) is 7.71. The Bertz CT molecular complexity index is 494. The molecule has 1 aliphatic rings. The Kier molecular flexibility index (Phi) is 5.53. The number of furan rings is 1. The molecule has 1 aliphatic carbocycles. The molecule has 0 amide bonds. The number of carbonyl (C=O) groups is 1. The summed E-state index contributed by atoms with van der Waals surface area (Å²) in [7, 11) is 0. The lowest BCUT2D eigenvalue weighted by molar-refractivity contribution is -0.161. The third-order valence-electron chi connectivity index (χ3n) is 4.25. The molecule has 2 N–H and O–H groups in total. The van der Waals surface area contributed by atoms with Crippen LogP contribution in [0, 0.1) is 5.92 Å². The molecule has 5 heteroatoms. The quantitative estimate of drug-likeness (QED) is 0.815. The van der Waals surface area contributed by atoms with Crippen LogP contribution in [0.5, 0.6) is 0 Å². The fraction of sp³-hybridized carbons (Fsp3) is 0.722. The molecule has 0 aliphatic heterocycles. The van der Waals surface area contributed by atoms with Crippen molar-refractivity contribution >= 4 is 5.97 Å². The number of rotatable bonds is 5. The number of carbonyl (C=O) groups excluding carboxylic acids is 1. The van der Waals surface area contributed by atoms with Gasteiger partial charge in [-0.25, -0.2) is 0 Å². The molecular weight excluding hydrogens is 294 g/mol. The number of nitrogens with one attached hydrogen (secondary N) is 1. The molecule has 1 aromatic rings. The first-order chi connectivity index (χ1) is 10.7. The van der Waals surface area contributed by atoms with Gasteiger partial charge < -0.3 is 19.6 Å². The van der Waals surface area contributed by atoms with Gasteiger partial charge in [-0.05, 0) is 65.5 Å². The van der Waals surface area contributed by atoms with E-state index < -0.39 is 11.2 Å². The molecule has 0 bridgehead atoms. The maximum atomic E-state index is 12.1. The second kappa shape index (κ2) is 7.05. The average molecular weight is 323 g/mol. The number of aliphatic hydroxyl groups is 1. The van der Waals surface area contributed by atoms with Gasteiger partial charge in [-0.15, -0.1) is 0 Å². The lowest BCUT2D eigenvalue weighted by Crippen LogP contribution is -2.43. The van der Waals surface area contributed by atoms with Crippen molar-refractivity contribution in [1.29, 1.82) is 0 Å². The summed E-state index contributed by atoms with van der Waals surface area (Å²) in [6, 6.07) is 3.87. The Hall–Kier alpha value is -1.33. The van der Waals surface area contributed by atoms with Crippen molar-refractivity contribution in [1.82, 2.24) is 5.32 Å². The minimum Gasteiger partial charge on any atom is -0.466 e. The molecule has 130 valence electrons. The highest BCUT2D eigenvalue weighted by Crippen LogP contribution is 2.28. The lowest BCUT2D eigenvalue weighted by atomic mass is 9.85. The van der Waals surface area contributed by atoms with E-state index in [0.29, 0.717) is 18.3 Å². The molecule has 5 nitrogen and oxygen atoms in total. The zero-order valence-corrected chi connectivity index (χ0v) is 14.6. The first kappa shape index (κ1) is 18.0. The van der Waals surface area contributed by atoms with Crippen LogP contribution in [-0.2, 0) is 15.1 Å². The summed E-state index contributed by atoms with van der Waals surface area (Å²) in [6.07, 6.45) is 5.05. The maximum Gasteiger partial charge on any atom is 0.309 e. The predicted molar refractivity (Wildman–Crippen MR) is 87.9 cm³/mol. The molecule has 0 spiro atoms. The van der Waals surface area contributed by atoms with E-state index >= 15 is 0 Å². The Morgan fingerprint density at radius 2 is 1.96 bits per heavy atom. The number of esters is 1. The number of hydrogen-bond donors (Lipinski definition) is 2. The van der Waals surface area contributed by atoms with Crippen molar-refractivity contribution in [3.63, 3.8) is 0 Å². The van der Waals surface area contributed by atoms with Gasteiger partial charge in [0.2, 0.25) is 0 Å². The Morgan fingerprint density at radius 3 is 2.48 bits per heavy atom. The average Bonchev–Trinajstić information content (AvgIpc) is 2.99. The van der Waals surface area contributed by atoms with E-state index in [1.807, 2.05) is 20.8 Å². The number of ether oxygens (including phenoxy) is 1. The summed E-state index contributed by atoms with van der Waals surface area (Å²) in [5.74, 6) is 0.476. The van der Waals surface area contributed by atoms with Gasteiger partial charge in [0, 0.05) is 12.6 Å². The molecule has 23 heavy (non-hydrogen) atoms. The van der Waals surface area contributed by atoms with Crippen molar-refractivity contribution in [3.05, 3.63) is 24.2 Å². The minimum atomic E-state index is -1.02. The minimum absolute atomic E-state index is 0.00198. The van der Waals surface area contributed by atoms with Gasteiger partial charge in [0.15, 0.2) is 0 Å². The van der Waals surface area contributed by atoms with Crippen LogP contribution in [0.3, 0.4) is 0 Å². The SMILES string of the molecule is CC(C)(C)OC(=O)C1CCC(NCC(C)(O)c2ccco2)CC1. The van der Waals surface area contributed by atoms with Crippen LogP contribution < -0.4 is 5.32 Å². The highest BCUT2D eigenvalue weighted by molar-refractivity contribution is 5.73. The summed E-state index contributed by atoms with van der Waals surface area (Å²) in [4.78, 5) is 12.1. The second-order valence-corrected chi connectivity index (χ2v) is 7.71. The lowest BCUT2D eigenvalue weighted by Gasteiger charge is -2.32. The van der Waals surface area contributed by atoms with Crippen molar-refractivity contribution < 1.29 is 19.1 Å². The van der Waals surface area contributed by atoms with Crippen molar-refractivity contribution in [2.75, 3.05) is 6.54 Å². The number of hydrogen-bond acceptors (Lipinski definition) is 5. The van der Waals surface area contributed by atoms with E-state index in [1.54, 1.807) is 25.3 Å². The summed E-state index contributed by atoms with van der Waals surface area (Å²) in [5.41, 5.74) is -1.45. The molecular formula is C18H29NO4. The standard InChI is InChI=1S/C18H29NO4/c1-17(2,3)23-16(20)13-7-9-14(10-8-13)19-12-18(4,21)15-6-5-11-22-15/h5-6,11,13-14,19,21H,7-10,12H2,1-4H3. The van der Waals surface area contributed by atoms with E-state index in [4.69, 9.17) is 9.15 Å². The van der Waals surface area contributed by atoms with Crippen molar-refractivity contribution in [2.24, 2.45) is 5.92 Å². The first-order valence-electron chi connectivity index (χ1n) is 8.40. The van der Waals surface area contributed by atoms with Gasteiger partial charge in [-0.1, -0.05) is 0 Å². The van der Waals surface area contributed by atoms with E-state index in [-0.39, 0.29) is 11.9 Å². The third kappa shape index (κ3) is 5.36. The summed E-state index contributed by atoms with van der Waals surface area (Å²) in [6.45, 7) is 7.87. The first-order valence-corrected chi connectivity index (χ1v) is 8.40. The van der Waals surface area contributed by atoms with E-state index in [1.165, 1.54) is 0 Å². The van der Waals surface area contributed by atoms with Crippen LogP contribution in [0.1, 0.15) is 59.1 Å². The molecule has 1 unspecified atom stereocenters. The Labute approximate surface area is 138 Å². The van der Waals surface area contributed by atoms with Crippen molar-refractivity contribution in [2.45, 2.75) is 70.6 Å². The van der Waals surface area contributed by atoms with Crippen LogP contribution in [0.15, 0.2) is 22.8 Å². The largest absolute Gasteiger partial charge is 0.466 e. The molecule has 1 heterocycles. The molecule has 2 rings (SSSR count). The normalized spacial score (nSPS) is 24.9. The zero-order chi connectivity index (χ0) is 17.1. The van der Waals surface area contributed by atoms with Gasteiger partial charge in [0.05, 0.1) is 12.2 Å². The molecule has 0 aromatic carbocycles. The predicted octanol–water partition coefficient (Wildman–Crippen LogP) is 2.98. The summed E-state index contributed by atoms with van der Waals surface area (Å²) < 4.78 is 10.7. The molecule has 1 saturated carbocycles. The Balaban J connectivity index is 1.76. The summed E-state index contributed by atoms with van der Waals surface area (Å²) >= 11 is 0. The van der Waals surface area contributed by atoms with Crippen LogP contribution in [0.25, 0.3) is 0 Å². The molecule has 1 fully saturated rings. The van der Waals surface area contributed by atoms with Gasteiger partial charge in [0.25, 0.3) is 0 Å². The van der Waals surface area contributed by atoms with Crippen LogP contribution in [-0.4, -0.2) is 29.3 Å². The van der Waals surface area contributed by atoms with E-state index in [2.05, 4.69) is 5.32 Å². The van der Waals surface area contributed by atoms with Crippen molar-refractivity contribution in [3.8, 4) is 0 Å². The Morgan fingerprint density at radius 1 is 1.30 bits per heavy atom. The fourth-order valence-corrected chi connectivity index (χ4v) is 2.93. The highest BCUT2D eigenvalue weighted by Gasteiger charge is 2.32. The molecule has 1 aromatic heterocycles. The van der Waals surface area contributed by atoms with Crippen LogP contribution in [0.4, 0.5) is 0 Å². The van der Waals surface area contributed by atoms with E-state index in [9.17, 15) is 9.90 Å². The summed E-state index contributed by atoms with van der Waals surface area (Å²) in [5, 5.41) is 13.8. The molecule has 1 atom stereocenters. The van der Waals surface area contributed by atoms with Gasteiger partial charge in [-0.3, -0.25) is 4.79 Å². The topological polar surface area (TPSA) is 71.7 Å². The molecule has 0 saturated heterocycles. The molecule has 0 radical (unpaired) electrons. The van der Waals surface area contributed by atoms with Gasteiger partial charge in [0.1, 0.15) is 17.0 Å². The highest BCUT2D eigenvalue weighted by atomic mass is 16.6. The third-order valence-corrected chi connectivity index (χ3v) is 4.25. The van der Waals surface area contributed by atoms with E-state index in [0.717, 1.165) is 25.7 Å². The van der Waals surface area contributed by atoms with Crippen LogP contribution >= 0.6 is 0 Å². The smallest absolute Gasteiger partial charge is 0.309 e. The van der Waals surface area contributed by atoms with Crippen LogP contribution in [0.2, 0.25) is 0 Å². The zero-order valence-electron chi connectivity index (χ0n) is 14.6. The monoisotopic (exact) mass is 323 g/mol. The fourth-order valence-electron chi connectivity index (χ4n) is 2.93. The van der Waals surface area contributed by atoms with Gasteiger partial charge in [-0.2, -0.15) is 0 Å². The maximum absolute atomic E-state index is 12.1. The van der Waals surface area contributed by atoms with Gasteiger partial charge >= 0.3 is 5.97 Å².